The molecule has 0 amide bonds. The van der Waals surface area contributed by atoms with Crippen LogP contribution in [0, 0.1) is 0 Å². The fourth-order valence-corrected chi connectivity index (χ4v) is 17.5. The average molecular weight is 1360 g/mol. The average Bonchev–Trinajstić information content (AvgIpc) is 1.23. The lowest BCUT2D eigenvalue weighted by Gasteiger charge is -2.42. The molecule has 1 heterocycles. The molecule has 1 aliphatic heterocycles. The Hall–Kier alpha value is 0.284. The standard InChI is InChI=1S/C77H160N4O6S2Si2/c1-15-19-23-27-31-35-39-43-51-71(82)67-80(68-72(83)52-44-40-36-32-28-24-20-16-2)56-47-48-65-88-89-66-50-58-78-59-61-79(62-60-78)63-64-85-75(84)55-49-57-81(69-73(86-90(11,12)76(5,6)7)53-45-41-37-33-29-25-21-17-3)70-74(87-91(13,14)77(8,9)10)54-46-42-38-34-30-26-22-18-4/h71-74,82-83H,15-70H2,1-14H3. The van der Waals surface area contributed by atoms with Crippen molar-refractivity contribution in [2.24, 2.45) is 0 Å². The molecular weight excluding hydrogens is 1200 g/mol. The Morgan fingerprint density at radius 2 is 0.736 bits per heavy atom. The number of carbonyl (C=O) groups excluding carboxylic acids is 1. The van der Waals surface area contributed by atoms with Gasteiger partial charge in [-0.2, -0.15) is 0 Å². The molecule has 544 valence electrons. The molecule has 2 N–H and O–H groups in total. The Labute approximate surface area is 578 Å². The van der Waals surface area contributed by atoms with Gasteiger partial charge in [-0.3, -0.25) is 19.5 Å². The van der Waals surface area contributed by atoms with Crippen molar-refractivity contribution in [1.82, 2.24) is 19.6 Å². The van der Waals surface area contributed by atoms with Crippen LogP contribution < -0.4 is 0 Å². The number of hydrogen-bond acceptors (Lipinski definition) is 12. The van der Waals surface area contributed by atoms with Crippen LogP contribution >= 0.6 is 21.6 Å². The van der Waals surface area contributed by atoms with Crippen molar-refractivity contribution < 1.29 is 28.6 Å². The highest BCUT2D eigenvalue weighted by Crippen LogP contribution is 2.40. The minimum absolute atomic E-state index is 0.0594. The van der Waals surface area contributed by atoms with E-state index in [4.69, 9.17) is 13.6 Å². The van der Waals surface area contributed by atoms with Crippen molar-refractivity contribution in [2.45, 2.75) is 393 Å². The van der Waals surface area contributed by atoms with Crippen molar-refractivity contribution in [3.05, 3.63) is 0 Å². The number of aliphatic hydroxyl groups is 2. The van der Waals surface area contributed by atoms with E-state index in [2.05, 4.69) is 115 Å². The first-order valence-electron chi connectivity index (χ1n) is 39.6. The Morgan fingerprint density at radius 3 is 1.11 bits per heavy atom. The van der Waals surface area contributed by atoms with Gasteiger partial charge in [-0.1, -0.05) is 296 Å². The van der Waals surface area contributed by atoms with Crippen molar-refractivity contribution in [3.63, 3.8) is 0 Å². The number of esters is 1. The van der Waals surface area contributed by atoms with Crippen LogP contribution in [-0.2, 0) is 18.4 Å². The summed E-state index contributed by atoms with van der Waals surface area (Å²) in [4.78, 5) is 23.6. The van der Waals surface area contributed by atoms with E-state index in [1.807, 2.05) is 21.6 Å². The van der Waals surface area contributed by atoms with Crippen molar-refractivity contribution in [1.29, 1.82) is 0 Å². The molecule has 0 aromatic rings. The van der Waals surface area contributed by atoms with Gasteiger partial charge < -0.3 is 28.7 Å². The molecule has 0 spiro atoms. The molecular formula is C77H160N4O6S2Si2. The summed E-state index contributed by atoms with van der Waals surface area (Å²) in [5.74, 6) is 2.27. The number of nitrogens with zero attached hydrogens (tertiary/aromatic N) is 4. The maximum Gasteiger partial charge on any atom is 0.305 e. The summed E-state index contributed by atoms with van der Waals surface area (Å²) in [6.07, 6.45) is 50.2. The van der Waals surface area contributed by atoms with E-state index in [-0.39, 0.29) is 40.5 Å². The largest absolute Gasteiger partial charge is 0.464 e. The zero-order chi connectivity index (χ0) is 67.3. The van der Waals surface area contributed by atoms with Crippen LogP contribution in [0.25, 0.3) is 0 Å². The lowest BCUT2D eigenvalue weighted by molar-refractivity contribution is -0.144. The Balaban J connectivity index is 2.72. The maximum atomic E-state index is 13.5. The van der Waals surface area contributed by atoms with Crippen LogP contribution in [0.2, 0.25) is 36.3 Å². The summed E-state index contributed by atoms with van der Waals surface area (Å²) >= 11 is 0. The number of carbonyl (C=O) groups is 1. The zero-order valence-electron chi connectivity index (χ0n) is 63.5. The highest BCUT2D eigenvalue weighted by atomic mass is 33.1. The molecule has 0 aliphatic carbocycles. The number of unbranched alkanes of at least 4 members (excludes halogenated alkanes) is 29. The zero-order valence-corrected chi connectivity index (χ0v) is 67.2. The fraction of sp³-hybridized carbons (Fsp3) is 0.987. The van der Waals surface area contributed by atoms with Crippen LogP contribution in [0.15, 0.2) is 0 Å². The van der Waals surface area contributed by atoms with Gasteiger partial charge in [0.05, 0.1) is 24.4 Å². The maximum absolute atomic E-state index is 13.5. The number of ether oxygens (including phenoxy) is 1. The highest BCUT2D eigenvalue weighted by molar-refractivity contribution is 8.76. The molecule has 1 aliphatic rings. The van der Waals surface area contributed by atoms with Crippen LogP contribution in [0.5, 0.6) is 0 Å². The van der Waals surface area contributed by atoms with Gasteiger partial charge in [0, 0.05) is 76.8 Å². The van der Waals surface area contributed by atoms with Crippen molar-refractivity contribution in [2.75, 3.05) is 96.6 Å². The molecule has 0 radical (unpaired) electrons. The van der Waals surface area contributed by atoms with E-state index in [0.29, 0.717) is 26.1 Å². The lowest BCUT2D eigenvalue weighted by Crippen LogP contribution is -2.50. The van der Waals surface area contributed by atoms with Crippen LogP contribution in [-0.4, -0.2) is 173 Å². The smallest absolute Gasteiger partial charge is 0.305 e. The predicted octanol–water partition coefficient (Wildman–Crippen LogP) is 21.7. The number of piperazine rings is 1. The van der Waals surface area contributed by atoms with Gasteiger partial charge in [0.25, 0.3) is 0 Å². The molecule has 1 fully saturated rings. The van der Waals surface area contributed by atoms with Crippen molar-refractivity contribution in [3.8, 4) is 0 Å². The van der Waals surface area contributed by atoms with E-state index >= 15 is 0 Å². The summed E-state index contributed by atoms with van der Waals surface area (Å²) in [6.45, 7) is 44.8. The molecule has 4 unspecified atom stereocenters. The van der Waals surface area contributed by atoms with E-state index in [1.54, 1.807) is 0 Å². The van der Waals surface area contributed by atoms with Crippen molar-refractivity contribution >= 4 is 44.2 Å². The third-order valence-electron chi connectivity index (χ3n) is 20.7. The van der Waals surface area contributed by atoms with Gasteiger partial charge in [0.1, 0.15) is 6.61 Å². The Kier molecular flexibility index (Phi) is 56.0. The summed E-state index contributed by atoms with van der Waals surface area (Å²) in [5.41, 5.74) is 0. The van der Waals surface area contributed by atoms with E-state index in [0.717, 1.165) is 123 Å². The molecule has 0 aromatic carbocycles. The number of rotatable bonds is 65. The Bertz CT molecular complexity index is 1540. The minimum atomic E-state index is -2.03. The Morgan fingerprint density at radius 1 is 0.418 bits per heavy atom. The summed E-state index contributed by atoms with van der Waals surface area (Å²) in [7, 11) is -0.0165. The van der Waals surface area contributed by atoms with Gasteiger partial charge in [0.15, 0.2) is 16.6 Å². The topological polar surface area (TPSA) is 98.2 Å². The van der Waals surface area contributed by atoms with Crippen LogP contribution in [0.3, 0.4) is 0 Å². The second-order valence-electron chi connectivity index (χ2n) is 31.6. The van der Waals surface area contributed by atoms with E-state index < -0.39 is 16.6 Å². The normalized spacial score (nSPS) is 15.5. The lowest BCUT2D eigenvalue weighted by atomic mass is 10.0. The molecule has 0 saturated carbocycles. The summed E-state index contributed by atoms with van der Waals surface area (Å²) in [5, 5.41) is 22.4. The van der Waals surface area contributed by atoms with E-state index in [9.17, 15) is 15.0 Å². The molecule has 4 atom stereocenters. The van der Waals surface area contributed by atoms with Gasteiger partial charge in [0.2, 0.25) is 0 Å². The molecule has 10 nitrogen and oxygen atoms in total. The second kappa shape index (κ2) is 57.1. The number of aliphatic hydroxyl groups excluding tert-OH is 2. The van der Waals surface area contributed by atoms with Crippen LogP contribution in [0.4, 0.5) is 0 Å². The molecule has 1 saturated heterocycles. The van der Waals surface area contributed by atoms with Gasteiger partial charge >= 0.3 is 5.97 Å². The monoisotopic (exact) mass is 1360 g/mol. The first kappa shape index (κ1) is 89.3. The van der Waals surface area contributed by atoms with Gasteiger partial charge in [-0.25, -0.2) is 0 Å². The second-order valence-corrected chi connectivity index (χ2v) is 43.8. The molecule has 1 rings (SSSR count). The quantitative estimate of drug-likeness (QED) is 0.0263. The molecule has 0 bridgehead atoms. The first-order chi connectivity index (χ1) is 43.6. The van der Waals surface area contributed by atoms with E-state index in [1.165, 1.54) is 211 Å². The first-order valence-corrected chi connectivity index (χ1v) is 47.9. The van der Waals surface area contributed by atoms with Gasteiger partial charge in [-0.15, -0.1) is 0 Å². The fourth-order valence-electron chi connectivity index (χ4n) is 12.5. The summed E-state index contributed by atoms with van der Waals surface area (Å²) in [6, 6.07) is 0. The van der Waals surface area contributed by atoms with Gasteiger partial charge in [-0.05, 0) is 107 Å². The number of hydrogen-bond donors (Lipinski definition) is 2. The molecule has 14 heteroatoms. The molecule has 91 heavy (non-hydrogen) atoms. The third kappa shape index (κ3) is 50.3. The SMILES string of the molecule is CCCCCCCCCCC(O)CN(CCCCSSCCCN1CCN(CCOC(=O)CCCN(CC(CCCCCCCCCC)O[Si](C)(C)C(C)(C)C)CC(CCCCCCCCCC)O[Si](C)(C)C(C)(C)C)CC1)CC(O)CCCCCCCCCC. The minimum Gasteiger partial charge on any atom is -0.464 e. The molecule has 0 aromatic heterocycles. The summed E-state index contributed by atoms with van der Waals surface area (Å²) < 4.78 is 20.7. The highest BCUT2D eigenvalue weighted by Gasteiger charge is 2.41. The predicted molar refractivity (Wildman–Crippen MR) is 410 cm³/mol. The van der Waals surface area contributed by atoms with Crippen LogP contribution in [0.1, 0.15) is 332 Å². The third-order valence-corrected chi connectivity index (χ3v) is 32.3.